The molecule has 2 fully saturated rings. The minimum absolute atomic E-state index is 0.0979. The monoisotopic (exact) mass is 389 g/mol. The van der Waals surface area contributed by atoms with Crippen molar-refractivity contribution in [1.82, 2.24) is 4.90 Å². The van der Waals surface area contributed by atoms with E-state index in [4.69, 9.17) is 9.47 Å². The van der Waals surface area contributed by atoms with Gasteiger partial charge in [-0.1, -0.05) is 0 Å². The molecule has 1 amide bonds. The average Bonchev–Trinajstić information content (AvgIpc) is 2.63. The molecule has 0 spiro atoms. The highest BCUT2D eigenvalue weighted by Crippen LogP contribution is 2.40. The summed E-state index contributed by atoms with van der Waals surface area (Å²) >= 11 is 0. The molecule has 1 heterocycles. The number of amides is 1. The second kappa shape index (κ2) is 9.46. The van der Waals surface area contributed by atoms with Crippen LogP contribution in [-0.4, -0.2) is 55.0 Å². The molecule has 2 aliphatic rings. The third kappa shape index (κ3) is 6.14. The van der Waals surface area contributed by atoms with E-state index in [1.165, 1.54) is 7.11 Å². The van der Waals surface area contributed by atoms with E-state index in [1.807, 2.05) is 0 Å². The first kappa shape index (κ1) is 21.6. The molecule has 0 aromatic heterocycles. The van der Waals surface area contributed by atoms with Crippen LogP contribution in [0.5, 0.6) is 0 Å². The summed E-state index contributed by atoms with van der Waals surface area (Å²) in [5, 5.41) is 0. The number of methoxy groups -OCH3 is 1. The van der Waals surface area contributed by atoms with Crippen LogP contribution in [0.2, 0.25) is 0 Å². The highest BCUT2D eigenvalue weighted by atomic mass is 19.3. The minimum atomic E-state index is -2.59. The predicted molar refractivity (Wildman–Crippen MR) is 93.4 cm³/mol. The third-order valence-electron chi connectivity index (χ3n) is 5.65. The Bertz CT molecular complexity index is 544. The lowest BCUT2D eigenvalue weighted by Gasteiger charge is -2.40. The van der Waals surface area contributed by atoms with E-state index < -0.39 is 18.0 Å². The van der Waals surface area contributed by atoms with Crippen LogP contribution < -0.4 is 0 Å². The molecular weight excluding hydrogens is 360 g/mol. The van der Waals surface area contributed by atoms with Crippen LogP contribution in [0.3, 0.4) is 0 Å². The van der Waals surface area contributed by atoms with Crippen LogP contribution in [0.15, 0.2) is 0 Å². The Morgan fingerprint density at radius 2 is 1.81 bits per heavy atom. The summed E-state index contributed by atoms with van der Waals surface area (Å²) in [5.41, 5.74) is 0. The average molecular weight is 389 g/mol. The maximum absolute atomic E-state index is 13.4. The number of halogens is 2. The summed E-state index contributed by atoms with van der Waals surface area (Å²) in [5.74, 6) is -3.54. The molecule has 2 rings (SSSR count). The van der Waals surface area contributed by atoms with Gasteiger partial charge < -0.3 is 14.4 Å². The second-order valence-electron chi connectivity index (χ2n) is 7.52. The van der Waals surface area contributed by atoms with Crippen molar-refractivity contribution in [2.24, 2.45) is 11.8 Å². The van der Waals surface area contributed by atoms with Crippen LogP contribution >= 0.6 is 0 Å². The maximum atomic E-state index is 13.4. The van der Waals surface area contributed by atoms with E-state index in [2.05, 4.69) is 0 Å². The Labute approximate surface area is 158 Å². The van der Waals surface area contributed by atoms with E-state index >= 15 is 0 Å². The van der Waals surface area contributed by atoms with Gasteiger partial charge in [0, 0.05) is 31.3 Å². The number of esters is 1. The highest BCUT2D eigenvalue weighted by Gasteiger charge is 2.40. The number of alkyl halides is 2. The number of carbonyl (C=O) groups is 3. The van der Waals surface area contributed by atoms with Crippen LogP contribution in [0.25, 0.3) is 0 Å². The topological polar surface area (TPSA) is 72.9 Å². The molecule has 0 aromatic rings. The van der Waals surface area contributed by atoms with Gasteiger partial charge >= 0.3 is 12.1 Å². The van der Waals surface area contributed by atoms with Gasteiger partial charge in [0.2, 0.25) is 5.92 Å². The molecule has 8 heteroatoms. The number of piperidine rings is 1. The fourth-order valence-electron chi connectivity index (χ4n) is 4.14. The quantitative estimate of drug-likeness (QED) is 0.513. The highest BCUT2D eigenvalue weighted by molar-refractivity contribution is 5.96. The summed E-state index contributed by atoms with van der Waals surface area (Å²) in [6, 6.07) is -0.237. The Morgan fingerprint density at radius 3 is 2.41 bits per heavy atom. The Hall–Kier alpha value is -1.73. The number of likely N-dealkylation sites (tertiary alicyclic amines) is 1. The number of ketones is 1. The Kier molecular flexibility index (Phi) is 7.56. The number of nitrogens with zero attached hydrogens (tertiary/aromatic N) is 1. The van der Waals surface area contributed by atoms with Gasteiger partial charge in [0.15, 0.2) is 0 Å². The van der Waals surface area contributed by atoms with Gasteiger partial charge in [-0.15, -0.1) is 0 Å². The lowest BCUT2D eigenvalue weighted by Crippen LogP contribution is -2.48. The van der Waals surface area contributed by atoms with Crippen molar-refractivity contribution in [3.8, 4) is 0 Å². The molecule has 0 bridgehead atoms. The SMILES string of the molecule is CCOC(=O)CC(=O)[C@@H]1CCN(C(=O)OC)[C@@H](CC2CCC(F)(F)CC2)C1. The van der Waals surface area contributed by atoms with E-state index in [1.54, 1.807) is 11.8 Å². The molecule has 0 aromatic carbocycles. The van der Waals surface area contributed by atoms with Crippen molar-refractivity contribution in [3.05, 3.63) is 0 Å². The number of hydrogen-bond donors (Lipinski definition) is 0. The number of carbonyl (C=O) groups excluding carboxylic acids is 3. The lowest BCUT2D eigenvalue weighted by molar-refractivity contribution is -0.146. The zero-order chi connectivity index (χ0) is 20.0. The molecule has 0 unspecified atom stereocenters. The fraction of sp³-hybridized carbons (Fsp3) is 0.842. The van der Waals surface area contributed by atoms with Gasteiger partial charge in [-0.3, -0.25) is 9.59 Å². The van der Waals surface area contributed by atoms with Gasteiger partial charge in [-0.25, -0.2) is 13.6 Å². The first-order chi connectivity index (χ1) is 12.8. The largest absolute Gasteiger partial charge is 0.466 e. The van der Waals surface area contributed by atoms with E-state index in [-0.39, 0.29) is 49.5 Å². The summed E-state index contributed by atoms with van der Waals surface area (Å²) in [4.78, 5) is 37.7. The standard InChI is InChI=1S/C19H29F2NO5/c1-3-27-17(24)12-16(23)14-6-9-22(18(25)26-2)15(11-14)10-13-4-7-19(20,21)8-5-13/h13-15H,3-12H2,1-2H3/t14-,15+/m1/s1. The van der Waals surface area contributed by atoms with Gasteiger partial charge in [0.25, 0.3) is 0 Å². The van der Waals surface area contributed by atoms with Crippen molar-refractivity contribution in [2.45, 2.75) is 70.3 Å². The van der Waals surface area contributed by atoms with Gasteiger partial charge in [0.05, 0.1) is 13.7 Å². The summed E-state index contributed by atoms with van der Waals surface area (Å²) in [7, 11) is 1.30. The molecular formula is C19H29F2NO5. The first-order valence-electron chi connectivity index (χ1n) is 9.66. The molecule has 1 saturated heterocycles. The predicted octanol–water partition coefficient (Wildman–Crippen LogP) is 3.57. The van der Waals surface area contributed by atoms with E-state index in [9.17, 15) is 23.2 Å². The fourth-order valence-corrected chi connectivity index (χ4v) is 4.14. The van der Waals surface area contributed by atoms with Crippen molar-refractivity contribution < 1.29 is 32.6 Å². The third-order valence-corrected chi connectivity index (χ3v) is 5.65. The normalized spacial score (nSPS) is 25.7. The first-order valence-corrected chi connectivity index (χ1v) is 9.66. The summed E-state index contributed by atoms with van der Waals surface area (Å²) in [6.45, 7) is 2.27. The van der Waals surface area contributed by atoms with Crippen molar-refractivity contribution in [3.63, 3.8) is 0 Å². The molecule has 27 heavy (non-hydrogen) atoms. The lowest BCUT2D eigenvalue weighted by atomic mass is 9.78. The van der Waals surface area contributed by atoms with Gasteiger partial charge in [-0.2, -0.15) is 0 Å². The Morgan fingerprint density at radius 1 is 1.15 bits per heavy atom. The van der Waals surface area contributed by atoms with Gasteiger partial charge in [0.1, 0.15) is 12.2 Å². The molecule has 6 nitrogen and oxygen atoms in total. The molecule has 1 saturated carbocycles. The van der Waals surface area contributed by atoms with Crippen LogP contribution in [-0.2, 0) is 19.1 Å². The summed E-state index contributed by atoms with van der Waals surface area (Å²) < 4.78 is 36.5. The number of ether oxygens (including phenoxy) is 2. The maximum Gasteiger partial charge on any atom is 0.409 e. The molecule has 154 valence electrons. The Balaban J connectivity index is 1.99. The van der Waals surface area contributed by atoms with Gasteiger partial charge in [-0.05, 0) is 44.9 Å². The van der Waals surface area contributed by atoms with Crippen molar-refractivity contribution >= 4 is 17.8 Å². The zero-order valence-electron chi connectivity index (χ0n) is 16.0. The van der Waals surface area contributed by atoms with Crippen molar-refractivity contribution in [1.29, 1.82) is 0 Å². The summed E-state index contributed by atoms with van der Waals surface area (Å²) in [6.07, 6.45) is 1.32. The number of rotatable bonds is 6. The van der Waals surface area contributed by atoms with Crippen molar-refractivity contribution in [2.75, 3.05) is 20.3 Å². The number of Topliss-reactive ketones (excluding diaryl/α,β-unsaturated/α-hetero) is 1. The number of hydrogen-bond acceptors (Lipinski definition) is 5. The zero-order valence-corrected chi connectivity index (χ0v) is 16.0. The van der Waals surface area contributed by atoms with E-state index in [0.29, 0.717) is 38.6 Å². The van der Waals surface area contributed by atoms with E-state index in [0.717, 1.165) is 0 Å². The van der Waals surface area contributed by atoms with Crippen LogP contribution in [0, 0.1) is 11.8 Å². The molecule has 0 N–H and O–H groups in total. The molecule has 1 aliphatic carbocycles. The van der Waals surface area contributed by atoms with Crippen LogP contribution in [0.1, 0.15) is 58.3 Å². The molecule has 0 radical (unpaired) electrons. The van der Waals surface area contributed by atoms with Crippen LogP contribution in [0.4, 0.5) is 13.6 Å². The molecule has 2 atom stereocenters. The molecule has 1 aliphatic heterocycles. The second-order valence-corrected chi connectivity index (χ2v) is 7.52. The smallest absolute Gasteiger partial charge is 0.409 e. The minimum Gasteiger partial charge on any atom is -0.466 e.